The van der Waals surface area contributed by atoms with Crippen molar-refractivity contribution in [3.63, 3.8) is 0 Å². The van der Waals surface area contributed by atoms with Crippen molar-refractivity contribution in [2.75, 3.05) is 10.6 Å². The lowest BCUT2D eigenvalue weighted by molar-refractivity contribution is 0.0682. The number of phenolic OH excluding ortho intramolecular Hbond substituents is 1. The molecule has 5 aromatic rings. The summed E-state index contributed by atoms with van der Waals surface area (Å²) in [6, 6.07) is 12.5. The summed E-state index contributed by atoms with van der Waals surface area (Å²) in [4.78, 5) is 45.3. The molecule has 0 unspecified atom stereocenters. The van der Waals surface area contributed by atoms with Crippen LogP contribution in [0.15, 0.2) is 81.9 Å². The Hall–Kier alpha value is -6.73. The number of anilines is 4. The van der Waals surface area contributed by atoms with Crippen LogP contribution in [0, 0.1) is 0 Å². The molecule has 238 valence electrons. The summed E-state index contributed by atoms with van der Waals surface area (Å²) < 4.78 is 33.8. The number of nitrogens with zero attached hydrogens (tertiary/aromatic N) is 5. The number of hydrogen-bond donors (Lipinski definition) is 8. The maximum atomic E-state index is 12.1. The van der Waals surface area contributed by atoms with E-state index in [1.54, 1.807) is 0 Å². The molecule has 0 amide bonds. The largest absolute Gasteiger partial charge is 0.505 e. The highest BCUT2D eigenvalue weighted by Crippen LogP contribution is 2.42. The molecule has 18 nitrogen and oxygen atoms in total. The molecule has 0 bridgehead atoms. The number of carboxylic acids is 3. The standard InChI is InChI=1S/C28H19N7O11S/c36-22-19(35-34-18-4-2-1-3-17(18)25(41)42)6-5-12-10-16(47(44,45)46)11-20(21(12)22)30-27-31-26(32-28(43)33-27)29-15-8-13(23(37)38)7-14(9-15)24(39)40/h1-11,36H,(H,37,38)(H,39,40)(H,41,42)(H,44,45,46)(H3,29,30,31,32,33,43). The maximum Gasteiger partial charge on any atom is 0.337 e. The van der Waals surface area contributed by atoms with Gasteiger partial charge in [-0.1, -0.05) is 18.2 Å². The maximum absolute atomic E-state index is 12.1. The number of benzene rings is 4. The first-order valence-electron chi connectivity index (χ1n) is 12.8. The summed E-state index contributed by atoms with van der Waals surface area (Å²) in [6.07, 6.45) is 0. The lowest BCUT2D eigenvalue weighted by atomic mass is 10.1. The van der Waals surface area contributed by atoms with E-state index in [-0.39, 0.29) is 50.2 Å². The predicted molar refractivity (Wildman–Crippen MR) is 161 cm³/mol. The average Bonchev–Trinajstić information content (AvgIpc) is 2.99. The van der Waals surface area contributed by atoms with Crippen LogP contribution in [0.3, 0.4) is 0 Å². The molecule has 4 aromatic carbocycles. The molecular weight excluding hydrogens is 642 g/mol. The van der Waals surface area contributed by atoms with Gasteiger partial charge in [0, 0.05) is 11.1 Å². The van der Waals surface area contributed by atoms with Crippen LogP contribution in [0.1, 0.15) is 31.1 Å². The van der Waals surface area contributed by atoms with E-state index in [0.717, 1.165) is 30.3 Å². The highest BCUT2D eigenvalue weighted by Gasteiger charge is 2.20. The Morgan fingerprint density at radius 1 is 0.702 bits per heavy atom. The molecule has 0 spiro atoms. The Morgan fingerprint density at radius 3 is 1.94 bits per heavy atom. The van der Waals surface area contributed by atoms with Gasteiger partial charge in [0.05, 0.1) is 27.3 Å². The van der Waals surface area contributed by atoms with E-state index < -0.39 is 56.6 Å². The second-order valence-electron chi connectivity index (χ2n) is 9.44. The van der Waals surface area contributed by atoms with E-state index >= 15 is 0 Å². The van der Waals surface area contributed by atoms with Crippen molar-refractivity contribution in [2.45, 2.75) is 4.90 Å². The zero-order valence-electron chi connectivity index (χ0n) is 23.2. The van der Waals surface area contributed by atoms with E-state index in [4.69, 9.17) is 0 Å². The molecule has 19 heteroatoms. The minimum absolute atomic E-state index is 0.0235. The van der Waals surface area contributed by atoms with Crippen molar-refractivity contribution in [1.82, 2.24) is 15.0 Å². The number of aromatic nitrogens is 3. The minimum atomic E-state index is -4.80. The zero-order chi connectivity index (χ0) is 34.0. The number of aromatic carboxylic acids is 3. The third-order valence-electron chi connectivity index (χ3n) is 6.29. The molecule has 0 saturated carbocycles. The minimum Gasteiger partial charge on any atom is -0.505 e. The molecule has 0 saturated heterocycles. The molecular formula is C28H19N7O11S. The topological polar surface area (TPSA) is 294 Å². The highest BCUT2D eigenvalue weighted by atomic mass is 32.2. The normalized spacial score (nSPS) is 11.4. The first-order chi connectivity index (χ1) is 22.2. The number of carboxylic acid groups (broad SMARTS) is 3. The van der Waals surface area contributed by atoms with E-state index in [0.29, 0.717) is 0 Å². The molecule has 0 atom stereocenters. The molecule has 0 fully saturated rings. The Kier molecular flexibility index (Phi) is 8.32. The third kappa shape index (κ3) is 7.00. The summed E-state index contributed by atoms with van der Waals surface area (Å²) in [5.41, 5.74) is -1.44. The van der Waals surface area contributed by atoms with Gasteiger partial charge in [-0.25, -0.2) is 14.4 Å². The van der Waals surface area contributed by atoms with Gasteiger partial charge in [0.1, 0.15) is 11.4 Å². The summed E-state index contributed by atoms with van der Waals surface area (Å²) in [7, 11) is -4.80. The van der Waals surface area contributed by atoms with E-state index in [1.165, 1.54) is 36.4 Å². The average molecular weight is 662 g/mol. The summed E-state index contributed by atoms with van der Waals surface area (Å²) in [5.74, 6) is -5.54. The van der Waals surface area contributed by atoms with Crippen LogP contribution >= 0.6 is 0 Å². The number of nitrogens with one attached hydrogen (secondary N) is 2. The lowest BCUT2D eigenvalue weighted by Crippen LogP contribution is -2.07. The molecule has 47 heavy (non-hydrogen) atoms. The number of azo groups is 1. The van der Waals surface area contributed by atoms with Crippen molar-refractivity contribution in [1.29, 1.82) is 0 Å². The van der Waals surface area contributed by atoms with E-state index in [2.05, 4.69) is 35.8 Å². The fraction of sp³-hybridized carbons (Fsp3) is 0. The van der Waals surface area contributed by atoms with Crippen molar-refractivity contribution in [3.8, 4) is 11.8 Å². The van der Waals surface area contributed by atoms with Crippen LogP contribution in [0.25, 0.3) is 10.8 Å². The fourth-order valence-corrected chi connectivity index (χ4v) is 4.80. The number of fused-ring (bicyclic) bond motifs is 1. The Bertz CT molecular complexity index is 2230. The van der Waals surface area contributed by atoms with E-state index in [1.807, 2.05) is 0 Å². The van der Waals surface area contributed by atoms with Gasteiger partial charge in [0.2, 0.25) is 11.9 Å². The fourth-order valence-electron chi connectivity index (χ4n) is 4.26. The molecule has 1 heterocycles. The Labute approximate surface area is 262 Å². The highest BCUT2D eigenvalue weighted by molar-refractivity contribution is 7.85. The van der Waals surface area contributed by atoms with Crippen LogP contribution in [-0.4, -0.2) is 71.4 Å². The third-order valence-corrected chi connectivity index (χ3v) is 7.12. The summed E-state index contributed by atoms with van der Waals surface area (Å²) in [5, 5.41) is 62.4. The van der Waals surface area contributed by atoms with Crippen molar-refractivity contribution >= 4 is 73.4 Å². The monoisotopic (exact) mass is 661 g/mol. The lowest BCUT2D eigenvalue weighted by Gasteiger charge is -2.14. The zero-order valence-corrected chi connectivity index (χ0v) is 24.0. The molecule has 0 radical (unpaired) electrons. The van der Waals surface area contributed by atoms with E-state index in [9.17, 15) is 52.9 Å². The molecule has 0 aliphatic heterocycles. The Balaban J connectivity index is 1.59. The second kappa shape index (κ2) is 12.3. The van der Waals surface area contributed by atoms with Crippen LogP contribution in [0.4, 0.5) is 34.6 Å². The van der Waals surface area contributed by atoms with Crippen LogP contribution in [0.2, 0.25) is 0 Å². The van der Waals surface area contributed by atoms with Crippen LogP contribution in [-0.2, 0) is 10.1 Å². The number of phenols is 1. The number of hydrogen-bond acceptors (Lipinski definition) is 14. The summed E-state index contributed by atoms with van der Waals surface area (Å²) in [6.45, 7) is 0. The quantitative estimate of drug-likeness (QED) is 0.0744. The van der Waals surface area contributed by atoms with Crippen molar-refractivity contribution in [3.05, 3.63) is 83.4 Å². The molecule has 0 aliphatic rings. The van der Waals surface area contributed by atoms with Gasteiger partial charge in [0.25, 0.3) is 10.1 Å². The van der Waals surface area contributed by atoms with Gasteiger partial charge in [-0.05, 0) is 53.9 Å². The molecule has 5 rings (SSSR count). The van der Waals surface area contributed by atoms with Gasteiger partial charge in [-0.3, -0.25) is 4.55 Å². The van der Waals surface area contributed by atoms with Crippen molar-refractivity contribution < 1.29 is 52.9 Å². The van der Waals surface area contributed by atoms with Gasteiger partial charge < -0.3 is 36.2 Å². The number of rotatable bonds is 10. The second-order valence-corrected chi connectivity index (χ2v) is 10.9. The van der Waals surface area contributed by atoms with Crippen molar-refractivity contribution in [2.24, 2.45) is 10.2 Å². The van der Waals surface area contributed by atoms with Gasteiger partial charge in [0.15, 0.2) is 5.75 Å². The smallest absolute Gasteiger partial charge is 0.337 e. The first kappa shape index (κ1) is 31.7. The SMILES string of the molecule is O=C(O)c1cc(Nc2nc(O)nc(Nc3cc(S(=O)(=O)O)cc4ccc(N=Nc5ccccc5C(=O)O)c(O)c34)n2)cc(C(=O)O)c1. The van der Waals surface area contributed by atoms with Crippen LogP contribution in [0.5, 0.6) is 11.8 Å². The predicted octanol–water partition coefficient (Wildman–Crippen LogP) is 4.68. The Morgan fingerprint density at radius 2 is 1.32 bits per heavy atom. The first-order valence-corrected chi connectivity index (χ1v) is 14.3. The number of aromatic hydroxyl groups is 2. The molecule has 1 aromatic heterocycles. The summed E-state index contributed by atoms with van der Waals surface area (Å²) >= 11 is 0. The molecule has 0 aliphatic carbocycles. The van der Waals surface area contributed by atoms with Gasteiger partial charge >= 0.3 is 23.9 Å². The van der Waals surface area contributed by atoms with Gasteiger partial charge in [-0.15, -0.1) is 10.2 Å². The molecule has 8 N–H and O–H groups in total. The van der Waals surface area contributed by atoms with Crippen LogP contribution < -0.4 is 10.6 Å². The van der Waals surface area contributed by atoms with Gasteiger partial charge in [-0.2, -0.15) is 23.4 Å². The number of carbonyl (C=O) groups is 3.